The highest BCUT2D eigenvalue weighted by Gasteiger charge is 2.11. The average Bonchev–Trinajstić information content (AvgIpc) is 2.82. The van der Waals surface area contributed by atoms with Crippen LogP contribution in [0, 0.1) is 0 Å². The Morgan fingerprint density at radius 3 is 2.45 bits per heavy atom. The lowest BCUT2D eigenvalue weighted by Crippen LogP contribution is -2.14. The van der Waals surface area contributed by atoms with Gasteiger partial charge in [-0.25, -0.2) is 0 Å². The molecule has 1 N–H and O–H groups in total. The van der Waals surface area contributed by atoms with Crippen LogP contribution in [0.1, 0.15) is 25.3 Å². The number of carbonyl (C=O) groups is 1. The fraction of sp³-hybridized carbons (Fsp3) is 0.292. The summed E-state index contributed by atoms with van der Waals surface area (Å²) < 4.78 is 10.7. The number of amides is 1. The maximum Gasteiger partial charge on any atom is 0.234 e. The summed E-state index contributed by atoms with van der Waals surface area (Å²) >= 11 is 1.34. The molecule has 0 atom stereocenters. The van der Waals surface area contributed by atoms with Gasteiger partial charge in [0.25, 0.3) is 0 Å². The smallest absolute Gasteiger partial charge is 0.234 e. The molecule has 3 aromatic rings. The minimum absolute atomic E-state index is 0.0772. The van der Waals surface area contributed by atoms with Crippen LogP contribution in [-0.2, 0) is 11.2 Å². The summed E-state index contributed by atoms with van der Waals surface area (Å²) in [7, 11) is 3.23. The van der Waals surface area contributed by atoms with Gasteiger partial charge >= 0.3 is 0 Å². The number of anilines is 1. The molecule has 6 nitrogen and oxygen atoms in total. The van der Waals surface area contributed by atoms with Crippen LogP contribution < -0.4 is 14.8 Å². The molecule has 0 saturated carbocycles. The zero-order chi connectivity index (χ0) is 22.1. The number of ether oxygens (including phenoxy) is 2. The number of rotatable bonds is 10. The van der Waals surface area contributed by atoms with Crippen LogP contribution in [0.4, 0.5) is 5.69 Å². The van der Waals surface area contributed by atoms with Gasteiger partial charge in [0.2, 0.25) is 5.91 Å². The van der Waals surface area contributed by atoms with E-state index in [4.69, 9.17) is 9.47 Å². The third kappa shape index (κ3) is 6.46. The topological polar surface area (TPSA) is 73.3 Å². The van der Waals surface area contributed by atoms with Crippen molar-refractivity contribution in [3.8, 4) is 22.8 Å². The lowest BCUT2D eigenvalue weighted by atomic mass is 10.1. The maximum absolute atomic E-state index is 12.3. The van der Waals surface area contributed by atoms with Gasteiger partial charge in [0, 0.05) is 11.3 Å². The number of methoxy groups -OCH3 is 2. The molecule has 0 aliphatic rings. The second-order valence-electron chi connectivity index (χ2n) is 6.96. The van der Waals surface area contributed by atoms with Crippen LogP contribution in [0.3, 0.4) is 0 Å². The summed E-state index contributed by atoms with van der Waals surface area (Å²) in [6.45, 7) is 2.18. The molecule has 1 amide bonds. The Bertz CT molecular complexity index is 992. The van der Waals surface area contributed by atoms with Crippen molar-refractivity contribution in [3.05, 3.63) is 60.2 Å². The van der Waals surface area contributed by atoms with Crippen LogP contribution >= 0.6 is 11.8 Å². The average molecular weight is 438 g/mol. The van der Waals surface area contributed by atoms with Gasteiger partial charge in [0.05, 0.1) is 25.7 Å². The third-order valence-corrected chi connectivity index (χ3v) is 5.65. The monoisotopic (exact) mass is 437 g/mol. The molecule has 1 heterocycles. The number of nitrogens with one attached hydrogen (secondary N) is 1. The molecule has 0 saturated heterocycles. The molecule has 0 unspecified atom stereocenters. The van der Waals surface area contributed by atoms with Crippen LogP contribution in [-0.4, -0.2) is 36.1 Å². The lowest BCUT2D eigenvalue weighted by Gasteiger charge is -2.10. The molecule has 7 heteroatoms. The van der Waals surface area contributed by atoms with E-state index >= 15 is 0 Å². The summed E-state index contributed by atoms with van der Waals surface area (Å²) in [5.74, 6) is 1.59. The van der Waals surface area contributed by atoms with Gasteiger partial charge in [0.1, 0.15) is 16.5 Å². The number of nitrogens with zero attached hydrogens (tertiary/aromatic N) is 2. The number of hydrogen-bond acceptors (Lipinski definition) is 6. The first-order valence-electron chi connectivity index (χ1n) is 10.2. The number of unbranched alkanes of at least 4 members (excludes halogenated alkanes) is 1. The quantitative estimate of drug-likeness (QED) is 0.438. The number of thioether (sulfide) groups is 1. The molecule has 0 radical (unpaired) electrons. The number of carbonyl (C=O) groups excluding carboxylic acids is 1. The van der Waals surface area contributed by atoms with Crippen LogP contribution in [0.25, 0.3) is 11.3 Å². The van der Waals surface area contributed by atoms with Crippen molar-refractivity contribution in [1.82, 2.24) is 10.2 Å². The van der Waals surface area contributed by atoms with Crippen LogP contribution in [0.5, 0.6) is 11.5 Å². The summed E-state index contributed by atoms with van der Waals surface area (Å²) in [5.41, 5.74) is 3.56. The van der Waals surface area contributed by atoms with Crippen molar-refractivity contribution in [2.75, 3.05) is 25.3 Å². The summed E-state index contributed by atoms with van der Waals surface area (Å²) in [6, 6.07) is 17.3. The van der Waals surface area contributed by atoms with E-state index in [1.54, 1.807) is 14.2 Å². The molecule has 1 aromatic heterocycles. The molecule has 0 bridgehead atoms. The largest absolute Gasteiger partial charge is 0.497 e. The fourth-order valence-electron chi connectivity index (χ4n) is 3.03. The fourth-order valence-corrected chi connectivity index (χ4v) is 3.64. The molecule has 0 aliphatic heterocycles. The van der Waals surface area contributed by atoms with Gasteiger partial charge < -0.3 is 14.8 Å². The Kier molecular flexibility index (Phi) is 8.29. The van der Waals surface area contributed by atoms with Crippen molar-refractivity contribution in [3.63, 3.8) is 0 Å². The van der Waals surface area contributed by atoms with E-state index in [2.05, 4.69) is 34.6 Å². The van der Waals surface area contributed by atoms with E-state index < -0.39 is 0 Å². The lowest BCUT2D eigenvalue weighted by molar-refractivity contribution is -0.113. The molecule has 2 aromatic carbocycles. The van der Waals surface area contributed by atoms with E-state index in [1.165, 1.54) is 30.2 Å². The standard InChI is InChI=1S/C24H27N3O3S/c1-4-5-6-17-7-9-18(10-8-17)25-23(28)16-31-24-14-12-21(26-27-24)20-15-19(29-2)11-13-22(20)30-3/h7-15H,4-6,16H2,1-3H3,(H,25,28). The van der Waals surface area contributed by atoms with E-state index in [0.717, 1.165) is 17.7 Å². The minimum atomic E-state index is -0.0772. The Morgan fingerprint density at radius 1 is 1.00 bits per heavy atom. The number of aromatic nitrogens is 2. The third-order valence-electron chi connectivity index (χ3n) is 4.73. The predicted octanol–water partition coefficient (Wildman–Crippen LogP) is 5.23. The van der Waals surface area contributed by atoms with E-state index in [-0.39, 0.29) is 11.7 Å². The number of hydrogen-bond donors (Lipinski definition) is 1. The Labute approximate surface area is 187 Å². The highest BCUT2D eigenvalue weighted by atomic mass is 32.2. The Morgan fingerprint density at radius 2 is 1.81 bits per heavy atom. The van der Waals surface area contributed by atoms with Crippen molar-refractivity contribution in [2.24, 2.45) is 0 Å². The molecule has 31 heavy (non-hydrogen) atoms. The maximum atomic E-state index is 12.3. The summed E-state index contributed by atoms with van der Waals surface area (Å²) in [5, 5.41) is 12.1. The van der Waals surface area contributed by atoms with Crippen LogP contribution in [0.15, 0.2) is 59.6 Å². The van der Waals surface area contributed by atoms with Gasteiger partial charge in [-0.1, -0.05) is 37.2 Å². The van der Waals surface area contributed by atoms with E-state index in [0.29, 0.717) is 22.2 Å². The molecule has 0 fully saturated rings. The molecule has 0 spiro atoms. The van der Waals surface area contributed by atoms with Gasteiger partial charge in [-0.2, -0.15) is 0 Å². The normalized spacial score (nSPS) is 10.5. The van der Waals surface area contributed by atoms with Crippen molar-refractivity contribution in [1.29, 1.82) is 0 Å². The predicted molar refractivity (Wildman–Crippen MR) is 125 cm³/mol. The SMILES string of the molecule is CCCCc1ccc(NC(=O)CSc2ccc(-c3cc(OC)ccc3OC)nn2)cc1. The molecular formula is C24H27N3O3S. The second-order valence-corrected chi connectivity index (χ2v) is 7.96. The van der Waals surface area contributed by atoms with Gasteiger partial charge in [-0.15, -0.1) is 10.2 Å². The highest BCUT2D eigenvalue weighted by molar-refractivity contribution is 7.99. The van der Waals surface area contributed by atoms with Crippen molar-refractivity contribution < 1.29 is 14.3 Å². The van der Waals surface area contributed by atoms with E-state index in [1.807, 2.05) is 42.5 Å². The Balaban J connectivity index is 1.56. The minimum Gasteiger partial charge on any atom is -0.497 e. The summed E-state index contributed by atoms with van der Waals surface area (Å²) in [4.78, 5) is 12.3. The zero-order valence-electron chi connectivity index (χ0n) is 18.1. The number of benzene rings is 2. The molecule has 3 rings (SSSR count). The van der Waals surface area contributed by atoms with Gasteiger partial charge in [0.15, 0.2) is 0 Å². The number of aryl methyl sites for hydroxylation is 1. The molecule has 0 aliphatic carbocycles. The highest BCUT2D eigenvalue weighted by Crippen LogP contribution is 2.32. The first-order chi connectivity index (χ1) is 15.1. The van der Waals surface area contributed by atoms with E-state index in [9.17, 15) is 4.79 Å². The zero-order valence-corrected chi connectivity index (χ0v) is 18.9. The second kappa shape index (κ2) is 11.4. The molecular weight excluding hydrogens is 410 g/mol. The first-order valence-corrected chi connectivity index (χ1v) is 11.2. The molecule has 162 valence electrons. The Hall–Kier alpha value is -3.06. The van der Waals surface area contributed by atoms with Crippen molar-refractivity contribution >= 4 is 23.4 Å². The summed E-state index contributed by atoms with van der Waals surface area (Å²) in [6.07, 6.45) is 3.41. The first kappa shape index (κ1) is 22.6. The van der Waals surface area contributed by atoms with Gasteiger partial charge in [-0.3, -0.25) is 4.79 Å². The van der Waals surface area contributed by atoms with Crippen molar-refractivity contribution in [2.45, 2.75) is 31.2 Å². The van der Waals surface area contributed by atoms with Crippen LogP contribution in [0.2, 0.25) is 0 Å². The van der Waals surface area contributed by atoms with Gasteiger partial charge in [-0.05, 0) is 60.9 Å².